The molecule has 1 heterocycles. The standard InChI is InChI=1S/C10H20N4O2/c1-7(2)13-10(16)14(6-9(11)15)8-3-4-12-5-8/h7-8,12H,3-6H2,1-2H3,(H2,11,15)(H,13,16). The van der Waals surface area contributed by atoms with Crippen molar-refractivity contribution >= 4 is 11.9 Å². The normalized spacial score (nSPS) is 19.8. The van der Waals surface area contributed by atoms with Gasteiger partial charge in [0.15, 0.2) is 0 Å². The first-order valence-electron chi connectivity index (χ1n) is 5.57. The molecule has 16 heavy (non-hydrogen) atoms. The minimum atomic E-state index is -0.481. The van der Waals surface area contributed by atoms with Gasteiger partial charge in [0.25, 0.3) is 0 Å². The van der Waals surface area contributed by atoms with E-state index < -0.39 is 5.91 Å². The van der Waals surface area contributed by atoms with E-state index in [1.54, 1.807) is 0 Å². The van der Waals surface area contributed by atoms with Gasteiger partial charge in [0.2, 0.25) is 5.91 Å². The van der Waals surface area contributed by atoms with E-state index >= 15 is 0 Å². The van der Waals surface area contributed by atoms with Crippen molar-refractivity contribution in [1.82, 2.24) is 15.5 Å². The third-order valence-electron chi connectivity index (χ3n) is 2.47. The van der Waals surface area contributed by atoms with Crippen LogP contribution < -0.4 is 16.4 Å². The molecule has 0 aromatic rings. The van der Waals surface area contributed by atoms with Gasteiger partial charge < -0.3 is 21.3 Å². The van der Waals surface area contributed by atoms with E-state index in [9.17, 15) is 9.59 Å². The third-order valence-corrected chi connectivity index (χ3v) is 2.47. The van der Waals surface area contributed by atoms with Crippen LogP contribution in [-0.4, -0.2) is 48.6 Å². The predicted octanol–water partition coefficient (Wildman–Crippen LogP) is -0.746. The molecule has 1 unspecified atom stereocenters. The molecule has 6 nitrogen and oxygen atoms in total. The van der Waals surface area contributed by atoms with Gasteiger partial charge in [-0.1, -0.05) is 0 Å². The van der Waals surface area contributed by atoms with Crippen molar-refractivity contribution in [2.24, 2.45) is 5.73 Å². The molecule has 0 bridgehead atoms. The van der Waals surface area contributed by atoms with Crippen molar-refractivity contribution in [3.8, 4) is 0 Å². The summed E-state index contributed by atoms with van der Waals surface area (Å²) in [6.45, 7) is 5.33. The molecule has 0 aromatic carbocycles. The summed E-state index contributed by atoms with van der Waals surface area (Å²) in [7, 11) is 0. The Kier molecular flexibility index (Phi) is 4.54. The molecule has 92 valence electrons. The number of rotatable bonds is 4. The Morgan fingerprint density at radius 2 is 2.25 bits per heavy atom. The van der Waals surface area contributed by atoms with E-state index in [1.807, 2.05) is 13.8 Å². The number of carbonyl (C=O) groups is 2. The van der Waals surface area contributed by atoms with Crippen molar-refractivity contribution in [2.75, 3.05) is 19.6 Å². The highest BCUT2D eigenvalue weighted by atomic mass is 16.2. The Bertz CT molecular complexity index is 262. The molecule has 1 saturated heterocycles. The van der Waals surface area contributed by atoms with Gasteiger partial charge in [-0.15, -0.1) is 0 Å². The van der Waals surface area contributed by atoms with Gasteiger partial charge in [0, 0.05) is 18.6 Å². The van der Waals surface area contributed by atoms with Crippen molar-refractivity contribution < 1.29 is 9.59 Å². The highest BCUT2D eigenvalue weighted by Gasteiger charge is 2.27. The SMILES string of the molecule is CC(C)NC(=O)N(CC(N)=O)C1CCNC1. The van der Waals surface area contributed by atoms with Gasteiger partial charge in [0.1, 0.15) is 6.54 Å². The Labute approximate surface area is 95.5 Å². The van der Waals surface area contributed by atoms with Gasteiger partial charge in [-0.3, -0.25) is 4.79 Å². The first-order chi connectivity index (χ1) is 7.50. The third kappa shape index (κ3) is 3.69. The van der Waals surface area contributed by atoms with Crippen LogP contribution in [0.3, 0.4) is 0 Å². The number of nitrogens with two attached hydrogens (primary N) is 1. The van der Waals surface area contributed by atoms with Crippen LogP contribution in [0.15, 0.2) is 0 Å². The Hall–Kier alpha value is -1.30. The molecule has 0 saturated carbocycles. The van der Waals surface area contributed by atoms with Crippen molar-refractivity contribution in [3.05, 3.63) is 0 Å². The van der Waals surface area contributed by atoms with Crippen LogP contribution in [0.25, 0.3) is 0 Å². The van der Waals surface area contributed by atoms with Gasteiger partial charge in [-0.2, -0.15) is 0 Å². The molecule has 1 fully saturated rings. The molecule has 3 amide bonds. The fourth-order valence-corrected chi connectivity index (χ4v) is 1.77. The topological polar surface area (TPSA) is 87.5 Å². The number of hydrogen-bond acceptors (Lipinski definition) is 3. The van der Waals surface area contributed by atoms with Gasteiger partial charge in [0.05, 0.1) is 0 Å². The lowest BCUT2D eigenvalue weighted by Gasteiger charge is -2.28. The zero-order chi connectivity index (χ0) is 12.1. The minimum absolute atomic E-state index is 0.0229. The average Bonchev–Trinajstić information content (AvgIpc) is 2.64. The number of primary amides is 1. The van der Waals surface area contributed by atoms with Crippen LogP contribution in [0.4, 0.5) is 4.79 Å². The largest absolute Gasteiger partial charge is 0.368 e. The summed E-state index contributed by atoms with van der Waals surface area (Å²) in [5.74, 6) is -0.481. The number of nitrogens with one attached hydrogen (secondary N) is 2. The number of carbonyl (C=O) groups excluding carboxylic acids is 2. The second kappa shape index (κ2) is 5.69. The number of amides is 3. The monoisotopic (exact) mass is 228 g/mol. The van der Waals surface area contributed by atoms with Crippen molar-refractivity contribution in [3.63, 3.8) is 0 Å². The number of urea groups is 1. The lowest BCUT2D eigenvalue weighted by molar-refractivity contribution is -0.118. The summed E-state index contributed by atoms with van der Waals surface area (Å²) < 4.78 is 0. The second-order valence-electron chi connectivity index (χ2n) is 4.35. The molecule has 6 heteroatoms. The van der Waals surface area contributed by atoms with Crippen LogP contribution in [0.2, 0.25) is 0 Å². The van der Waals surface area contributed by atoms with Gasteiger partial charge in [-0.05, 0) is 26.8 Å². The Morgan fingerprint density at radius 3 is 2.69 bits per heavy atom. The maximum atomic E-state index is 11.9. The predicted molar refractivity (Wildman–Crippen MR) is 60.8 cm³/mol. The molecule has 4 N–H and O–H groups in total. The first kappa shape index (κ1) is 12.8. The zero-order valence-corrected chi connectivity index (χ0v) is 9.82. The van der Waals surface area contributed by atoms with E-state index in [0.717, 1.165) is 19.5 Å². The lowest BCUT2D eigenvalue weighted by atomic mass is 10.2. The van der Waals surface area contributed by atoms with E-state index in [0.29, 0.717) is 0 Å². The molecule has 0 aliphatic carbocycles. The molecule has 1 atom stereocenters. The van der Waals surface area contributed by atoms with Crippen molar-refractivity contribution in [1.29, 1.82) is 0 Å². The van der Waals surface area contributed by atoms with Gasteiger partial charge >= 0.3 is 6.03 Å². The average molecular weight is 228 g/mol. The summed E-state index contributed by atoms with van der Waals surface area (Å²) in [6, 6.07) is -0.106. The summed E-state index contributed by atoms with van der Waals surface area (Å²) >= 11 is 0. The molecule has 0 spiro atoms. The Balaban J connectivity index is 2.61. The molecular weight excluding hydrogens is 208 g/mol. The zero-order valence-electron chi connectivity index (χ0n) is 9.82. The number of hydrogen-bond donors (Lipinski definition) is 3. The molecule has 1 aliphatic heterocycles. The van der Waals surface area contributed by atoms with E-state index in [2.05, 4.69) is 10.6 Å². The molecular formula is C10H20N4O2. The molecule has 1 rings (SSSR count). The molecule has 0 radical (unpaired) electrons. The van der Waals surface area contributed by atoms with E-state index in [1.165, 1.54) is 4.90 Å². The van der Waals surface area contributed by atoms with Crippen LogP contribution in [0, 0.1) is 0 Å². The fourth-order valence-electron chi connectivity index (χ4n) is 1.77. The maximum absolute atomic E-state index is 11.9. The smallest absolute Gasteiger partial charge is 0.318 e. The summed E-state index contributed by atoms with van der Waals surface area (Å²) in [4.78, 5) is 24.3. The fraction of sp³-hybridized carbons (Fsp3) is 0.800. The number of nitrogens with zero attached hydrogens (tertiary/aromatic N) is 1. The summed E-state index contributed by atoms with van der Waals surface area (Å²) in [5.41, 5.74) is 5.15. The maximum Gasteiger partial charge on any atom is 0.318 e. The second-order valence-corrected chi connectivity index (χ2v) is 4.35. The first-order valence-corrected chi connectivity index (χ1v) is 5.57. The quantitative estimate of drug-likeness (QED) is 0.592. The minimum Gasteiger partial charge on any atom is -0.368 e. The highest BCUT2D eigenvalue weighted by Crippen LogP contribution is 2.08. The van der Waals surface area contributed by atoms with Crippen LogP contribution in [0.5, 0.6) is 0 Å². The van der Waals surface area contributed by atoms with E-state index in [4.69, 9.17) is 5.73 Å². The Morgan fingerprint density at radius 1 is 1.56 bits per heavy atom. The van der Waals surface area contributed by atoms with Crippen LogP contribution in [-0.2, 0) is 4.79 Å². The molecule has 0 aromatic heterocycles. The van der Waals surface area contributed by atoms with Crippen LogP contribution in [0.1, 0.15) is 20.3 Å². The van der Waals surface area contributed by atoms with E-state index in [-0.39, 0.29) is 24.7 Å². The van der Waals surface area contributed by atoms with Crippen LogP contribution >= 0.6 is 0 Å². The van der Waals surface area contributed by atoms with Crippen molar-refractivity contribution in [2.45, 2.75) is 32.4 Å². The lowest BCUT2D eigenvalue weighted by Crippen LogP contribution is -2.51. The summed E-state index contributed by atoms with van der Waals surface area (Å²) in [6.07, 6.45) is 0.860. The molecule has 1 aliphatic rings. The summed E-state index contributed by atoms with van der Waals surface area (Å²) in [5, 5.41) is 5.94. The highest BCUT2D eigenvalue weighted by molar-refractivity contribution is 5.83. The van der Waals surface area contributed by atoms with Gasteiger partial charge in [-0.25, -0.2) is 4.79 Å².